The lowest BCUT2D eigenvalue weighted by molar-refractivity contribution is -0.392. The molecule has 0 N–H and O–H groups in total. The maximum absolute atomic E-state index is 13.5. The lowest BCUT2D eigenvalue weighted by Crippen LogP contribution is -2.46. The minimum absolute atomic E-state index is 0.416. The van der Waals surface area contributed by atoms with Crippen molar-refractivity contribution in [3.8, 4) is 0 Å². The number of hydrogen-bond acceptors (Lipinski definition) is 3. The molecule has 1 aromatic carbocycles. The van der Waals surface area contributed by atoms with E-state index in [0.29, 0.717) is 31.8 Å². The first-order valence-corrected chi connectivity index (χ1v) is 12.4. The Morgan fingerprint density at radius 1 is 0.719 bits per heavy atom. The summed E-state index contributed by atoms with van der Waals surface area (Å²) < 4.78 is 59.0. The molecule has 1 rings (SSSR count). The zero-order valence-corrected chi connectivity index (χ0v) is 20.4. The number of halogens is 3. The molecular weight excluding hydrogens is 417 g/mol. The standard InChI is InChI=1S/C26H43F3O3/c1-5-9-10-11-12-13-17-24(22-15-14-16-23(21-22)25(27,28)29)26(30-18-6-2,31-19-7-3)32-20-8-4/h14-16,21,24H,5-13,17-20H2,1-4H3. The molecule has 0 saturated heterocycles. The molecule has 0 aromatic heterocycles. The summed E-state index contributed by atoms with van der Waals surface area (Å²) in [6.45, 7) is 9.42. The number of rotatable bonds is 18. The van der Waals surface area contributed by atoms with Crippen molar-refractivity contribution >= 4 is 0 Å². The van der Waals surface area contributed by atoms with Gasteiger partial charge < -0.3 is 14.2 Å². The molecule has 0 bridgehead atoms. The maximum atomic E-state index is 13.5. The van der Waals surface area contributed by atoms with E-state index in [2.05, 4.69) is 6.92 Å². The molecule has 186 valence electrons. The Morgan fingerprint density at radius 3 is 1.75 bits per heavy atom. The highest BCUT2D eigenvalue weighted by Gasteiger charge is 2.44. The van der Waals surface area contributed by atoms with E-state index in [9.17, 15) is 13.2 Å². The van der Waals surface area contributed by atoms with Crippen molar-refractivity contribution in [1.82, 2.24) is 0 Å². The third kappa shape index (κ3) is 9.80. The van der Waals surface area contributed by atoms with Gasteiger partial charge in [-0.25, -0.2) is 0 Å². The molecule has 6 heteroatoms. The van der Waals surface area contributed by atoms with Gasteiger partial charge in [0.25, 0.3) is 5.97 Å². The van der Waals surface area contributed by atoms with Crippen LogP contribution in [0.3, 0.4) is 0 Å². The van der Waals surface area contributed by atoms with Gasteiger partial charge in [0.05, 0.1) is 31.3 Å². The first-order chi connectivity index (χ1) is 15.3. The fourth-order valence-corrected chi connectivity index (χ4v) is 3.77. The van der Waals surface area contributed by atoms with Gasteiger partial charge in [0.2, 0.25) is 0 Å². The predicted octanol–water partition coefficient (Wildman–Crippen LogP) is 8.47. The largest absolute Gasteiger partial charge is 0.416 e. The van der Waals surface area contributed by atoms with Crippen molar-refractivity contribution in [3.63, 3.8) is 0 Å². The highest BCUT2D eigenvalue weighted by Crippen LogP contribution is 2.41. The number of benzene rings is 1. The predicted molar refractivity (Wildman–Crippen MR) is 124 cm³/mol. The van der Waals surface area contributed by atoms with Gasteiger partial charge >= 0.3 is 6.18 Å². The van der Waals surface area contributed by atoms with E-state index in [4.69, 9.17) is 14.2 Å². The van der Waals surface area contributed by atoms with Crippen LogP contribution in [0.4, 0.5) is 13.2 Å². The van der Waals surface area contributed by atoms with Gasteiger partial charge in [-0.2, -0.15) is 13.2 Å². The summed E-state index contributed by atoms with van der Waals surface area (Å²) in [7, 11) is 0. The van der Waals surface area contributed by atoms with Crippen LogP contribution >= 0.6 is 0 Å². The van der Waals surface area contributed by atoms with Crippen LogP contribution in [0.25, 0.3) is 0 Å². The van der Waals surface area contributed by atoms with Crippen LogP contribution < -0.4 is 0 Å². The SMILES string of the molecule is CCCCCCCCC(c1cccc(C(F)(F)F)c1)C(OCCC)(OCCC)OCCC. The Balaban J connectivity index is 3.29. The van der Waals surface area contributed by atoms with Gasteiger partial charge in [-0.3, -0.25) is 0 Å². The second kappa shape index (κ2) is 15.7. The van der Waals surface area contributed by atoms with Crippen molar-refractivity contribution < 1.29 is 27.4 Å². The summed E-state index contributed by atoms with van der Waals surface area (Å²) in [5.41, 5.74) is -0.102. The van der Waals surface area contributed by atoms with Crippen LogP contribution in [-0.2, 0) is 20.4 Å². The van der Waals surface area contributed by atoms with E-state index in [-0.39, 0.29) is 0 Å². The number of hydrogen-bond donors (Lipinski definition) is 0. The van der Waals surface area contributed by atoms with E-state index < -0.39 is 23.6 Å². The molecule has 0 amide bonds. The molecule has 0 spiro atoms. The van der Waals surface area contributed by atoms with Crippen LogP contribution in [0.15, 0.2) is 24.3 Å². The number of ether oxygens (including phenoxy) is 3. The Morgan fingerprint density at radius 2 is 1.25 bits per heavy atom. The summed E-state index contributed by atoms with van der Waals surface area (Å²) in [5.74, 6) is -1.82. The van der Waals surface area contributed by atoms with Crippen LogP contribution in [0, 0.1) is 0 Å². The first kappa shape index (κ1) is 28.9. The average Bonchev–Trinajstić information content (AvgIpc) is 2.78. The summed E-state index contributed by atoms with van der Waals surface area (Å²) >= 11 is 0. The molecule has 1 atom stereocenters. The molecular formula is C26H43F3O3. The molecule has 0 heterocycles. The fraction of sp³-hybridized carbons (Fsp3) is 0.769. The van der Waals surface area contributed by atoms with Gasteiger partial charge in [0.15, 0.2) is 0 Å². The van der Waals surface area contributed by atoms with Crippen molar-refractivity contribution in [2.45, 2.75) is 110 Å². The van der Waals surface area contributed by atoms with Crippen molar-refractivity contribution in [1.29, 1.82) is 0 Å². The molecule has 3 nitrogen and oxygen atoms in total. The van der Waals surface area contributed by atoms with E-state index in [1.165, 1.54) is 31.4 Å². The summed E-state index contributed by atoms with van der Waals surface area (Å²) in [4.78, 5) is 0. The molecule has 0 aliphatic heterocycles. The van der Waals surface area contributed by atoms with Crippen LogP contribution in [0.2, 0.25) is 0 Å². The van der Waals surface area contributed by atoms with Crippen LogP contribution in [0.1, 0.15) is 109 Å². The molecule has 0 aliphatic carbocycles. The van der Waals surface area contributed by atoms with Gasteiger partial charge in [-0.15, -0.1) is 0 Å². The first-order valence-electron chi connectivity index (χ1n) is 12.4. The van der Waals surface area contributed by atoms with Gasteiger partial charge in [-0.05, 0) is 37.3 Å². The monoisotopic (exact) mass is 460 g/mol. The lowest BCUT2D eigenvalue weighted by atomic mass is 9.89. The number of unbranched alkanes of at least 4 members (excludes halogenated alkanes) is 5. The van der Waals surface area contributed by atoms with Crippen molar-refractivity contribution in [3.05, 3.63) is 35.4 Å². The van der Waals surface area contributed by atoms with Crippen LogP contribution in [-0.4, -0.2) is 25.8 Å². The van der Waals surface area contributed by atoms with Gasteiger partial charge in [0.1, 0.15) is 0 Å². The second-order valence-corrected chi connectivity index (χ2v) is 8.38. The van der Waals surface area contributed by atoms with Crippen LogP contribution in [0.5, 0.6) is 0 Å². The van der Waals surface area contributed by atoms with E-state index >= 15 is 0 Å². The highest BCUT2D eigenvalue weighted by atomic mass is 19.4. The van der Waals surface area contributed by atoms with E-state index in [1.807, 2.05) is 20.8 Å². The topological polar surface area (TPSA) is 27.7 Å². The average molecular weight is 461 g/mol. The minimum atomic E-state index is -4.40. The summed E-state index contributed by atoms with van der Waals surface area (Å²) in [6.07, 6.45) is 5.13. The molecule has 1 unspecified atom stereocenters. The second-order valence-electron chi connectivity index (χ2n) is 8.38. The molecule has 0 fully saturated rings. The third-order valence-electron chi connectivity index (χ3n) is 5.41. The van der Waals surface area contributed by atoms with Crippen molar-refractivity contribution in [2.75, 3.05) is 19.8 Å². The fourth-order valence-electron chi connectivity index (χ4n) is 3.77. The van der Waals surface area contributed by atoms with Gasteiger partial charge in [-0.1, -0.05) is 84.4 Å². The summed E-state index contributed by atoms with van der Waals surface area (Å²) in [6, 6.07) is 5.55. The minimum Gasteiger partial charge on any atom is -0.327 e. The maximum Gasteiger partial charge on any atom is 0.416 e. The Kier molecular flexibility index (Phi) is 14.2. The molecule has 1 aromatic rings. The van der Waals surface area contributed by atoms with Crippen molar-refractivity contribution in [2.24, 2.45) is 0 Å². The Bertz CT molecular complexity index is 582. The van der Waals surface area contributed by atoms with E-state index in [1.54, 1.807) is 6.07 Å². The quantitative estimate of drug-likeness (QED) is 0.162. The smallest absolute Gasteiger partial charge is 0.327 e. The molecule has 0 radical (unpaired) electrons. The Labute approximate surface area is 193 Å². The Hall–Kier alpha value is -1.11. The molecule has 32 heavy (non-hydrogen) atoms. The van der Waals surface area contributed by atoms with E-state index in [0.717, 1.165) is 44.6 Å². The highest BCUT2D eigenvalue weighted by molar-refractivity contribution is 5.29. The lowest BCUT2D eigenvalue weighted by Gasteiger charge is -2.40. The zero-order chi connectivity index (χ0) is 23.9. The zero-order valence-electron chi connectivity index (χ0n) is 20.4. The summed E-state index contributed by atoms with van der Waals surface area (Å²) in [5, 5.41) is 0. The number of alkyl halides is 3. The third-order valence-corrected chi connectivity index (χ3v) is 5.41. The molecule has 0 saturated carbocycles. The van der Waals surface area contributed by atoms with Gasteiger partial charge in [0, 0.05) is 0 Å². The normalized spacial score (nSPS) is 13.5. The molecule has 0 aliphatic rings.